The predicted molar refractivity (Wildman–Crippen MR) is 97.0 cm³/mol. The Balaban J connectivity index is 1.49. The van der Waals surface area contributed by atoms with Gasteiger partial charge in [-0.05, 0) is 30.0 Å². The van der Waals surface area contributed by atoms with Gasteiger partial charge in [0.25, 0.3) is 0 Å². The number of benzene rings is 1. The van der Waals surface area contributed by atoms with E-state index in [2.05, 4.69) is 16.5 Å². The molecule has 1 fully saturated rings. The molecule has 0 saturated carbocycles. The summed E-state index contributed by atoms with van der Waals surface area (Å²) in [7, 11) is 0. The topological polar surface area (TPSA) is 74.0 Å². The average molecular weight is 349 g/mol. The molecule has 1 N–H and O–H groups in total. The lowest BCUT2D eigenvalue weighted by Crippen LogP contribution is -2.33. The summed E-state index contributed by atoms with van der Waals surface area (Å²) < 4.78 is 1.77. The molecule has 6 nitrogen and oxygen atoms in total. The standard InChI is InChI=1S/C18H15N5OS/c19-10-13-7-9-25-18(13)22-8-6-16(17(22)24)21-14-11-20-23(12-14)15-4-2-1-3-5-15/h1-5,7,9,11-12,16,21H,6,8H2/t16-/m1/s1. The van der Waals surface area contributed by atoms with Crippen LogP contribution in [0, 0.1) is 11.3 Å². The number of carbonyl (C=O) groups excluding carboxylic acids is 1. The maximum Gasteiger partial charge on any atom is 0.250 e. The summed E-state index contributed by atoms with van der Waals surface area (Å²) in [5, 5.41) is 19.3. The zero-order chi connectivity index (χ0) is 17.2. The molecule has 1 atom stereocenters. The van der Waals surface area contributed by atoms with Crippen LogP contribution >= 0.6 is 11.3 Å². The summed E-state index contributed by atoms with van der Waals surface area (Å²) in [6, 6.07) is 13.4. The fraction of sp³-hybridized carbons (Fsp3) is 0.167. The molecule has 0 bridgehead atoms. The van der Waals surface area contributed by atoms with Gasteiger partial charge in [-0.25, -0.2) is 4.68 Å². The molecule has 1 aromatic carbocycles. The van der Waals surface area contributed by atoms with Crippen molar-refractivity contribution in [3.05, 3.63) is 59.7 Å². The van der Waals surface area contributed by atoms with Gasteiger partial charge in [0.2, 0.25) is 5.91 Å². The lowest BCUT2D eigenvalue weighted by atomic mass is 10.2. The van der Waals surface area contributed by atoms with Crippen LogP contribution in [-0.4, -0.2) is 28.3 Å². The van der Waals surface area contributed by atoms with Crippen molar-refractivity contribution in [2.24, 2.45) is 0 Å². The second-order valence-corrected chi connectivity index (χ2v) is 6.63. The second-order valence-electron chi connectivity index (χ2n) is 5.74. The average Bonchev–Trinajstić information content (AvgIpc) is 3.37. The van der Waals surface area contributed by atoms with Gasteiger partial charge in [0, 0.05) is 6.54 Å². The van der Waals surface area contributed by atoms with Crippen LogP contribution < -0.4 is 10.2 Å². The number of nitriles is 1. The van der Waals surface area contributed by atoms with E-state index in [0.717, 1.165) is 16.4 Å². The minimum absolute atomic E-state index is 0.00795. The molecule has 4 rings (SSSR count). The minimum Gasteiger partial charge on any atom is -0.371 e. The first kappa shape index (κ1) is 15.4. The molecule has 7 heteroatoms. The summed E-state index contributed by atoms with van der Waals surface area (Å²) in [5.74, 6) is -0.00795. The normalized spacial score (nSPS) is 16.8. The van der Waals surface area contributed by atoms with Crippen molar-refractivity contribution in [2.75, 3.05) is 16.8 Å². The van der Waals surface area contributed by atoms with E-state index in [0.29, 0.717) is 18.5 Å². The Bertz CT molecular complexity index is 940. The van der Waals surface area contributed by atoms with Crippen LogP contribution in [0.1, 0.15) is 12.0 Å². The van der Waals surface area contributed by atoms with Crippen LogP contribution in [0.15, 0.2) is 54.2 Å². The Labute approximate surface area is 148 Å². The summed E-state index contributed by atoms with van der Waals surface area (Å²) in [5.41, 5.74) is 2.32. The molecule has 124 valence electrons. The number of hydrogen-bond donors (Lipinski definition) is 1. The maximum atomic E-state index is 12.7. The van der Waals surface area contributed by atoms with Gasteiger partial charge < -0.3 is 10.2 Å². The molecule has 25 heavy (non-hydrogen) atoms. The van der Waals surface area contributed by atoms with E-state index in [1.54, 1.807) is 21.8 Å². The maximum absolute atomic E-state index is 12.7. The number of nitrogens with one attached hydrogen (secondary N) is 1. The van der Waals surface area contributed by atoms with Crippen LogP contribution in [0.5, 0.6) is 0 Å². The van der Waals surface area contributed by atoms with Crippen LogP contribution in [0.3, 0.4) is 0 Å². The zero-order valence-corrected chi connectivity index (χ0v) is 14.1. The Kier molecular flexibility index (Phi) is 3.96. The van der Waals surface area contributed by atoms with Crippen LogP contribution in [0.4, 0.5) is 10.7 Å². The first-order chi connectivity index (χ1) is 12.3. The number of para-hydroxylation sites is 1. The lowest BCUT2D eigenvalue weighted by molar-refractivity contribution is -0.117. The van der Waals surface area contributed by atoms with Crippen molar-refractivity contribution < 1.29 is 4.79 Å². The third kappa shape index (κ3) is 2.88. The van der Waals surface area contributed by atoms with Crippen LogP contribution in [-0.2, 0) is 4.79 Å². The highest BCUT2D eigenvalue weighted by Gasteiger charge is 2.34. The number of anilines is 2. The van der Waals surface area contributed by atoms with E-state index in [-0.39, 0.29) is 11.9 Å². The zero-order valence-electron chi connectivity index (χ0n) is 13.3. The molecule has 0 radical (unpaired) electrons. The molecule has 0 unspecified atom stereocenters. The van der Waals surface area contributed by atoms with Crippen molar-refractivity contribution in [1.29, 1.82) is 5.26 Å². The number of carbonyl (C=O) groups is 1. The van der Waals surface area contributed by atoms with E-state index in [1.807, 2.05) is 41.9 Å². The van der Waals surface area contributed by atoms with Crippen LogP contribution in [0.25, 0.3) is 5.69 Å². The predicted octanol–water partition coefficient (Wildman–Crippen LogP) is 3.02. The van der Waals surface area contributed by atoms with E-state index in [1.165, 1.54) is 11.3 Å². The summed E-state index contributed by atoms with van der Waals surface area (Å²) >= 11 is 1.42. The highest BCUT2D eigenvalue weighted by atomic mass is 32.1. The van der Waals surface area contributed by atoms with Gasteiger partial charge in [-0.2, -0.15) is 10.4 Å². The SMILES string of the molecule is N#Cc1ccsc1N1CC[C@@H](Nc2cnn(-c3ccccc3)c2)C1=O. The Hall–Kier alpha value is -3.11. The third-order valence-electron chi connectivity index (χ3n) is 4.16. The first-order valence-electron chi connectivity index (χ1n) is 7.92. The third-order valence-corrected chi connectivity index (χ3v) is 5.10. The number of aromatic nitrogens is 2. The first-order valence-corrected chi connectivity index (χ1v) is 8.80. The molecular formula is C18H15N5OS. The van der Waals surface area contributed by atoms with Gasteiger partial charge in [0.15, 0.2) is 0 Å². The largest absolute Gasteiger partial charge is 0.371 e. The fourth-order valence-corrected chi connectivity index (χ4v) is 3.81. The van der Waals surface area contributed by atoms with Crippen molar-refractivity contribution in [1.82, 2.24) is 9.78 Å². The number of rotatable bonds is 4. The van der Waals surface area contributed by atoms with Crippen molar-refractivity contribution in [2.45, 2.75) is 12.5 Å². The fourth-order valence-electron chi connectivity index (χ4n) is 2.93. The second kappa shape index (κ2) is 6.42. The van der Waals surface area contributed by atoms with E-state index in [9.17, 15) is 4.79 Å². The van der Waals surface area contributed by atoms with E-state index < -0.39 is 0 Å². The van der Waals surface area contributed by atoms with Crippen molar-refractivity contribution >= 4 is 27.9 Å². The number of thiophene rings is 1. The molecule has 0 aliphatic carbocycles. The van der Waals surface area contributed by atoms with Gasteiger partial charge >= 0.3 is 0 Å². The highest BCUT2D eigenvalue weighted by molar-refractivity contribution is 7.14. The molecule has 3 aromatic rings. The molecule has 1 aliphatic heterocycles. The number of hydrogen-bond acceptors (Lipinski definition) is 5. The Morgan fingerprint density at radius 1 is 1.28 bits per heavy atom. The summed E-state index contributed by atoms with van der Waals surface area (Å²) in [6.45, 7) is 0.610. The molecule has 1 amide bonds. The lowest BCUT2D eigenvalue weighted by Gasteiger charge is -2.15. The highest BCUT2D eigenvalue weighted by Crippen LogP contribution is 2.31. The molecule has 3 heterocycles. The minimum atomic E-state index is -0.304. The number of nitrogens with zero attached hydrogens (tertiary/aromatic N) is 4. The summed E-state index contributed by atoms with van der Waals surface area (Å²) in [6.07, 6.45) is 4.28. The van der Waals surface area contributed by atoms with Crippen molar-refractivity contribution in [3.8, 4) is 11.8 Å². The Morgan fingerprint density at radius 3 is 2.92 bits per heavy atom. The molecule has 2 aromatic heterocycles. The molecular weight excluding hydrogens is 334 g/mol. The monoisotopic (exact) mass is 349 g/mol. The van der Waals surface area contributed by atoms with Crippen LogP contribution in [0.2, 0.25) is 0 Å². The number of amides is 1. The van der Waals surface area contributed by atoms with Gasteiger partial charge in [0.05, 0.1) is 29.3 Å². The molecule has 1 saturated heterocycles. The van der Waals surface area contributed by atoms with Crippen molar-refractivity contribution in [3.63, 3.8) is 0 Å². The van der Waals surface area contributed by atoms with Gasteiger partial charge in [-0.3, -0.25) is 4.79 Å². The van der Waals surface area contributed by atoms with Gasteiger partial charge in [-0.15, -0.1) is 11.3 Å². The molecule has 0 spiro atoms. The van der Waals surface area contributed by atoms with Gasteiger partial charge in [-0.1, -0.05) is 18.2 Å². The quantitative estimate of drug-likeness (QED) is 0.786. The van der Waals surface area contributed by atoms with Gasteiger partial charge in [0.1, 0.15) is 17.1 Å². The van der Waals surface area contributed by atoms with E-state index in [4.69, 9.17) is 5.26 Å². The molecule has 1 aliphatic rings. The summed E-state index contributed by atoms with van der Waals surface area (Å²) in [4.78, 5) is 14.4. The van der Waals surface area contributed by atoms with E-state index >= 15 is 0 Å². The Morgan fingerprint density at radius 2 is 2.12 bits per heavy atom. The smallest absolute Gasteiger partial charge is 0.250 e.